The third kappa shape index (κ3) is 4.50. The molecular weight excluding hydrogens is 549 g/mol. The van der Waals surface area contributed by atoms with Gasteiger partial charge in [-0.3, -0.25) is 19.8 Å². The molecule has 1 amide bonds. The molecule has 0 bridgehead atoms. The summed E-state index contributed by atoms with van der Waals surface area (Å²) in [5.74, 6) is -3.01. The number of ether oxygens (including phenoxy) is 2. The van der Waals surface area contributed by atoms with Gasteiger partial charge in [0, 0.05) is 25.3 Å². The highest BCUT2D eigenvalue weighted by Gasteiger charge is 2.37. The van der Waals surface area contributed by atoms with Gasteiger partial charge in [0.15, 0.2) is 5.75 Å². The lowest BCUT2D eigenvalue weighted by atomic mass is 9.95. The minimum atomic E-state index is -1.57. The van der Waals surface area contributed by atoms with Crippen LogP contribution >= 0.6 is 0 Å². The van der Waals surface area contributed by atoms with Crippen molar-refractivity contribution in [2.24, 2.45) is 0 Å². The van der Waals surface area contributed by atoms with E-state index in [0.717, 1.165) is 17.3 Å². The van der Waals surface area contributed by atoms with Crippen molar-refractivity contribution < 1.29 is 33.5 Å². The van der Waals surface area contributed by atoms with Gasteiger partial charge >= 0.3 is 17.7 Å². The summed E-state index contributed by atoms with van der Waals surface area (Å²) in [4.78, 5) is 50.4. The molecule has 0 spiro atoms. The van der Waals surface area contributed by atoms with Gasteiger partial charge in [-0.2, -0.15) is 4.39 Å². The predicted molar refractivity (Wildman–Crippen MR) is 148 cm³/mol. The molecule has 1 aromatic heterocycles. The van der Waals surface area contributed by atoms with E-state index in [-0.39, 0.29) is 48.1 Å². The number of aromatic carboxylic acids is 1. The Balaban J connectivity index is 1.44. The fraction of sp³-hybridized carbons (Fsp3) is 0.233. The third-order valence-corrected chi connectivity index (χ3v) is 7.58. The summed E-state index contributed by atoms with van der Waals surface area (Å²) in [7, 11) is 1.26. The number of pyridine rings is 1. The maximum atomic E-state index is 16.2. The van der Waals surface area contributed by atoms with Gasteiger partial charge in [0.1, 0.15) is 23.1 Å². The Kier molecular flexibility index (Phi) is 6.60. The standard InChI is InChI=1S/C30H24FN3O8/c1-41-28-22(17-7-8-18-12-32(13-19(18)11-17)30(38)42-15-16-5-3-2-4-6-16)24(31)25(34(39)40)23-26(28)33(20-9-10-20)14-21(27(23)35)29(36)37/h2-8,11,14,20H,9-10,12-13,15H2,1H3,(H,36,37). The molecular formula is C30H24FN3O8. The molecule has 12 heteroatoms. The SMILES string of the molecule is COc1c(-c2ccc3c(c2)CN(C(=O)OCc2ccccc2)C3)c(F)c([N+](=O)[O-])c2c(=O)c(C(=O)O)cn(C3CC3)c12. The zero-order chi connectivity index (χ0) is 29.7. The number of amides is 1. The van der Waals surface area contributed by atoms with Crippen LogP contribution in [0.4, 0.5) is 14.9 Å². The highest BCUT2D eigenvalue weighted by Crippen LogP contribution is 2.47. The van der Waals surface area contributed by atoms with Gasteiger partial charge in [-0.15, -0.1) is 0 Å². The lowest BCUT2D eigenvalue weighted by Crippen LogP contribution is -2.25. The van der Waals surface area contributed by atoms with Crippen molar-refractivity contribution in [3.63, 3.8) is 0 Å². The molecule has 0 unspecified atom stereocenters. The van der Waals surface area contributed by atoms with Gasteiger partial charge in [-0.05, 0) is 41.2 Å². The number of nitro benzene ring substituents is 1. The van der Waals surface area contributed by atoms with Crippen molar-refractivity contribution >= 4 is 28.7 Å². The molecule has 1 N–H and O–H groups in total. The zero-order valence-corrected chi connectivity index (χ0v) is 22.3. The third-order valence-electron chi connectivity index (χ3n) is 7.58. The zero-order valence-electron chi connectivity index (χ0n) is 22.3. The average Bonchev–Trinajstić information content (AvgIpc) is 3.73. The molecule has 4 aromatic rings. The van der Waals surface area contributed by atoms with Crippen molar-refractivity contribution in [2.75, 3.05) is 7.11 Å². The maximum Gasteiger partial charge on any atom is 0.410 e. The number of methoxy groups -OCH3 is 1. The fourth-order valence-corrected chi connectivity index (χ4v) is 5.44. The molecule has 11 nitrogen and oxygen atoms in total. The quantitative estimate of drug-likeness (QED) is 0.229. The van der Waals surface area contributed by atoms with Crippen LogP contribution < -0.4 is 10.2 Å². The molecule has 1 aliphatic carbocycles. The number of hydrogen-bond donors (Lipinski definition) is 1. The van der Waals surface area contributed by atoms with Gasteiger partial charge in [-0.25, -0.2) is 9.59 Å². The van der Waals surface area contributed by atoms with Crippen LogP contribution in [0.3, 0.4) is 0 Å². The number of carbonyl (C=O) groups excluding carboxylic acids is 1. The van der Waals surface area contributed by atoms with E-state index in [1.54, 1.807) is 18.2 Å². The Morgan fingerprint density at radius 3 is 2.48 bits per heavy atom. The van der Waals surface area contributed by atoms with Crippen LogP contribution in [-0.4, -0.2) is 38.7 Å². The minimum absolute atomic E-state index is 0.0373. The first kappa shape index (κ1) is 26.9. The van der Waals surface area contributed by atoms with E-state index in [9.17, 15) is 29.6 Å². The smallest absolute Gasteiger partial charge is 0.410 e. The fourth-order valence-electron chi connectivity index (χ4n) is 5.44. The Hall–Kier alpha value is -5.26. The van der Waals surface area contributed by atoms with E-state index in [1.807, 2.05) is 30.3 Å². The number of carboxylic acid groups (broad SMARTS) is 1. The van der Waals surface area contributed by atoms with E-state index in [1.165, 1.54) is 16.6 Å². The first-order valence-corrected chi connectivity index (χ1v) is 13.1. The Labute approximate surface area is 237 Å². The molecule has 2 aliphatic rings. The molecule has 1 saturated carbocycles. The number of fused-ring (bicyclic) bond motifs is 2. The van der Waals surface area contributed by atoms with Crippen molar-refractivity contribution in [3.05, 3.63) is 103 Å². The van der Waals surface area contributed by atoms with Crippen LogP contribution in [0.1, 0.15) is 45.9 Å². The first-order valence-electron chi connectivity index (χ1n) is 13.1. The maximum absolute atomic E-state index is 16.2. The molecule has 0 radical (unpaired) electrons. The van der Waals surface area contributed by atoms with Crippen molar-refractivity contribution in [1.82, 2.24) is 9.47 Å². The number of rotatable bonds is 7. The number of aromatic nitrogens is 1. The summed E-state index contributed by atoms with van der Waals surface area (Å²) in [6.45, 7) is 0.540. The second-order valence-corrected chi connectivity index (χ2v) is 10.2. The molecule has 214 valence electrons. The van der Waals surface area contributed by atoms with Crippen molar-refractivity contribution in [3.8, 4) is 16.9 Å². The topological polar surface area (TPSA) is 141 Å². The van der Waals surface area contributed by atoms with Crippen molar-refractivity contribution in [1.29, 1.82) is 0 Å². The second-order valence-electron chi connectivity index (χ2n) is 10.2. The van der Waals surface area contributed by atoms with E-state index in [0.29, 0.717) is 18.4 Å². The molecule has 2 heterocycles. The summed E-state index contributed by atoms with van der Waals surface area (Å²) in [6, 6.07) is 13.9. The average molecular weight is 574 g/mol. The summed E-state index contributed by atoms with van der Waals surface area (Å²) >= 11 is 0. The minimum Gasteiger partial charge on any atom is -0.494 e. The van der Waals surface area contributed by atoms with E-state index < -0.39 is 44.9 Å². The molecule has 42 heavy (non-hydrogen) atoms. The van der Waals surface area contributed by atoms with Crippen molar-refractivity contribution in [2.45, 2.75) is 38.6 Å². The van der Waals surface area contributed by atoms with E-state index in [2.05, 4.69) is 0 Å². The number of carbonyl (C=O) groups is 2. The van der Waals surface area contributed by atoms with E-state index >= 15 is 4.39 Å². The van der Waals surface area contributed by atoms with Crippen LogP contribution in [-0.2, 0) is 24.4 Å². The highest BCUT2D eigenvalue weighted by atomic mass is 19.1. The monoisotopic (exact) mass is 573 g/mol. The number of benzene rings is 3. The van der Waals surface area contributed by atoms with Crippen LogP contribution in [0, 0.1) is 15.9 Å². The second kappa shape index (κ2) is 10.3. The number of halogens is 1. The Bertz CT molecular complexity index is 1850. The molecule has 0 atom stereocenters. The Morgan fingerprint density at radius 1 is 1.12 bits per heavy atom. The van der Waals surface area contributed by atoms with Crippen LogP contribution in [0.5, 0.6) is 5.75 Å². The summed E-state index contributed by atoms with van der Waals surface area (Å²) in [6.07, 6.45) is 1.91. The van der Waals surface area contributed by atoms with Gasteiger partial charge < -0.3 is 19.1 Å². The predicted octanol–water partition coefficient (Wildman–Crippen LogP) is 5.41. The molecule has 0 saturated heterocycles. The molecule has 6 rings (SSSR count). The number of hydrogen-bond acceptors (Lipinski definition) is 7. The summed E-state index contributed by atoms with van der Waals surface area (Å²) < 4.78 is 28.7. The van der Waals surface area contributed by atoms with Gasteiger partial charge in [0.05, 0.1) is 17.6 Å². The summed E-state index contributed by atoms with van der Waals surface area (Å²) in [5, 5.41) is 21.1. The highest BCUT2D eigenvalue weighted by molar-refractivity contribution is 6.03. The first-order chi connectivity index (χ1) is 20.2. The summed E-state index contributed by atoms with van der Waals surface area (Å²) in [5.41, 5.74) is -0.677. The molecule has 3 aromatic carbocycles. The molecule has 1 fully saturated rings. The van der Waals surface area contributed by atoms with Crippen LogP contribution in [0.2, 0.25) is 0 Å². The number of carboxylic acids is 1. The number of nitro groups is 1. The lowest BCUT2D eigenvalue weighted by molar-refractivity contribution is -0.385. The largest absolute Gasteiger partial charge is 0.494 e. The van der Waals surface area contributed by atoms with Crippen LogP contribution in [0.15, 0.2) is 59.5 Å². The number of nitrogens with zero attached hydrogens (tertiary/aromatic N) is 3. The van der Waals surface area contributed by atoms with Gasteiger partial charge in [0.25, 0.3) is 0 Å². The van der Waals surface area contributed by atoms with Gasteiger partial charge in [-0.1, -0.05) is 42.5 Å². The van der Waals surface area contributed by atoms with Crippen LogP contribution in [0.25, 0.3) is 22.0 Å². The Morgan fingerprint density at radius 2 is 1.83 bits per heavy atom. The lowest BCUT2D eigenvalue weighted by Gasteiger charge is -2.19. The molecule has 1 aliphatic heterocycles. The normalized spacial score (nSPS) is 14.1. The van der Waals surface area contributed by atoms with E-state index in [4.69, 9.17) is 9.47 Å². The van der Waals surface area contributed by atoms with Gasteiger partial charge in [0.2, 0.25) is 11.2 Å².